The van der Waals surface area contributed by atoms with Gasteiger partial charge in [-0.25, -0.2) is 0 Å². The number of benzene rings is 1. The van der Waals surface area contributed by atoms with Gasteiger partial charge in [0.25, 0.3) is 11.6 Å². The first-order chi connectivity index (χ1) is 9.49. The molecule has 0 spiro atoms. The molecule has 0 saturated carbocycles. The van der Waals surface area contributed by atoms with Gasteiger partial charge in [0.15, 0.2) is 5.82 Å². The normalized spacial score (nSPS) is 10.1. The van der Waals surface area contributed by atoms with E-state index in [1.807, 2.05) is 0 Å². The molecule has 7 nitrogen and oxygen atoms in total. The van der Waals surface area contributed by atoms with Gasteiger partial charge in [-0.05, 0) is 32.0 Å². The number of rotatable bonds is 3. The molecular weight excluding hydrogens is 260 g/mol. The van der Waals surface area contributed by atoms with E-state index in [2.05, 4.69) is 15.5 Å². The molecule has 2 rings (SSSR count). The number of nitrogens with zero attached hydrogens (tertiary/aromatic N) is 3. The number of aromatic nitrogens is 2. The molecule has 0 aliphatic rings. The summed E-state index contributed by atoms with van der Waals surface area (Å²) >= 11 is 0. The molecule has 0 radical (unpaired) electrons. The summed E-state index contributed by atoms with van der Waals surface area (Å²) in [6, 6.07) is 7.69. The number of carbonyl (C=O) groups excluding carboxylic acids is 1. The quantitative estimate of drug-likeness (QED) is 0.682. The van der Waals surface area contributed by atoms with Crippen molar-refractivity contribution in [3.8, 4) is 0 Å². The van der Waals surface area contributed by atoms with Crippen LogP contribution < -0.4 is 5.32 Å². The molecule has 1 aromatic heterocycles. The Bertz CT molecular complexity index is 668. The molecule has 1 heterocycles. The fourth-order valence-electron chi connectivity index (χ4n) is 1.72. The Morgan fingerprint density at radius 3 is 2.55 bits per heavy atom. The highest BCUT2D eigenvalue weighted by Crippen LogP contribution is 2.21. The van der Waals surface area contributed by atoms with E-state index in [0.29, 0.717) is 11.4 Å². The molecule has 0 bridgehead atoms. The molecule has 1 amide bonds. The van der Waals surface area contributed by atoms with Crippen LogP contribution in [0.2, 0.25) is 0 Å². The Morgan fingerprint density at radius 1 is 1.20 bits per heavy atom. The molecule has 1 aromatic carbocycles. The molecule has 7 heteroatoms. The average Bonchev–Trinajstić information content (AvgIpc) is 2.41. The number of aryl methyl sites for hydroxylation is 1. The standard InChI is InChI=1S/C13H12N4O3/c1-8-6-7-12(16-15-8)14-13(18)10-4-3-5-11(9(10)2)17(19)20/h3-7H,1-2H3,(H,14,16,18). The minimum Gasteiger partial charge on any atom is -0.305 e. The lowest BCUT2D eigenvalue weighted by Crippen LogP contribution is -2.15. The maximum absolute atomic E-state index is 12.1. The van der Waals surface area contributed by atoms with E-state index in [4.69, 9.17) is 0 Å². The molecule has 0 aliphatic carbocycles. The minimum atomic E-state index is -0.516. The first kappa shape index (κ1) is 13.6. The summed E-state index contributed by atoms with van der Waals surface area (Å²) in [4.78, 5) is 22.4. The summed E-state index contributed by atoms with van der Waals surface area (Å²) in [7, 11) is 0. The lowest BCUT2D eigenvalue weighted by molar-refractivity contribution is -0.385. The second-order valence-electron chi connectivity index (χ2n) is 4.22. The van der Waals surface area contributed by atoms with Crippen molar-refractivity contribution in [3.05, 3.63) is 57.3 Å². The van der Waals surface area contributed by atoms with Crippen LogP contribution in [0.5, 0.6) is 0 Å². The van der Waals surface area contributed by atoms with Gasteiger partial charge in [-0.2, -0.15) is 5.10 Å². The molecule has 0 unspecified atom stereocenters. The molecule has 0 fully saturated rings. The van der Waals surface area contributed by atoms with Crippen molar-refractivity contribution < 1.29 is 9.72 Å². The Balaban J connectivity index is 2.28. The van der Waals surface area contributed by atoms with Gasteiger partial charge < -0.3 is 5.32 Å². The van der Waals surface area contributed by atoms with E-state index in [9.17, 15) is 14.9 Å². The van der Waals surface area contributed by atoms with Crippen LogP contribution in [0, 0.1) is 24.0 Å². The van der Waals surface area contributed by atoms with Gasteiger partial charge in [0, 0.05) is 17.2 Å². The Labute approximate surface area is 114 Å². The highest BCUT2D eigenvalue weighted by atomic mass is 16.6. The van der Waals surface area contributed by atoms with E-state index >= 15 is 0 Å². The molecule has 0 saturated heterocycles. The first-order valence-electron chi connectivity index (χ1n) is 5.84. The van der Waals surface area contributed by atoms with Crippen molar-refractivity contribution in [1.29, 1.82) is 0 Å². The monoisotopic (exact) mass is 272 g/mol. The second kappa shape index (κ2) is 5.43. The Morgan fingerprint density at radius 2 is 1.95 bits per heavy atom. The molecule has 0 aliphatic heterocycles. The summed E-state index contributed by atoms with van der Waals surface area (Å²) in [5.74, 6) is -0.157. The zero-order chi connectivity index (χ0) is 14.7. The van der Waals surface area contributed by atoms with Crippen LogP contribution in [0.1, 0.15) is 21.6 Å². The zero-order valence-electron chi connectivity index (χ0n) is 11.0. The third kappa shape index (κ3) is 2.77. The van der Waals surface area contributed by atoms with Crippen LogP contribution in [0.15, 0.2) is 30.3 Å². The predicted octanol–water partition coefficient (Wildman–Crippen LogP) is 2.25. The lowest BCUT2D eigenvalue weighted by atomic mass is 10.1. The lowest BCUT2D eigenvalue weighted by Gasteiger charge is -2.07. The zero-order valence-corrected chi connectivity index (χ0v) is 11.0. The maximum atomic E-state index is 12.1. The van der Waals surface area contributed by atoms with Crippen molar-refractivity contribution in [3.63, 3.8) is 0 Å². The van der Waals surface area contributed by atoms with Crippen molar-refractivity contribution in [2.24, 2.45) is 0 Å². The summed E-state index contributed by atoms with van der Waals surface area (Å²) in [6.07, 6.45) is 0. The highest BCUT2D eigenvalue weighted by molar-refractivity contribution is 6.05. The molecule has 0 atom stereocenters. The van der Waals surface area contributed by atoms with E-state index in [1.54, 1.807) is 19.1 Å². The number of nitro benzene ring substituents is 1. The minimum absolute atomic E-state index is 0.0901. The van der Waals surface area contributed by atoms with Crippen LogP contribution in [0.3, 0.4) is 0 Å². The van der Waals surface area contributed by atoms with Crippen LogP contribution in [-0.2, 0) is 0 Å². The van der Waals surface area contributed by atoms with E-state index in [0.717, 1.165) is 5.69 Å². The van der Waals surface area contributed by atoms with Crippen LogP contribution in [0.25, 0.3) is 0 Å². The number of nitro groups is 1. The van der Waals surface area contributed by atoms with Crippen molar-refractivity contribution in [1.82, 2.24) is 10.2 Å². The summed E-state index contributed by atoms with van der Waals surface area (Å²) < 4.78 is 0. The molecule has 20 heavy (non-hydrogen) atoms. The molecule has 102 valence electrons. The number of carbonyl (C=O) groups is 1. The van der Waals surface area contributed by atoms with Gasteiger partial charge in [-0.15, -0.1) is 5.10 Å². The van der Waals surface area contributed by atoms with Gasteiger partial charge in [-0.3, -0.25) is 14.9 Å². The highest BCUT2D eigenvalue weighted by Gasteiger charge is 2.18. The van der Waals surface area contributed by atoms with Gasteiger partial charge >= 0.3 is 0 Å². The topological polar surface area (TPSA) is 98.0 Å². The maximum Gasteiger partial charge on any atom is 0.273 e. The number of hydrogen-bond acceptors (Lipinski definition) is 5. The first-order valence-corrected chi connectivity index (χ1v) is 5.84. The third-order valence-corrected chi connectivity index (χ3v) is 2.79. The molecule has 1 N–H and O–H groups in total. The van der Waals surface area contributed by atoms with Gasteiger partial charge in [0.1, 0.15) is 0 Å². The number of hydrogen-bond donors (Lipinski definition) is 1. The summed E-state index contributed by atoms with van der Waals surface area (Å²) in [5, 5.41) is 21.0. The Kier molecular flexibility index (Phi) is 3.69. The van der Waals surface area contributed by atoms with E-state index in [-0.39, 0.29) is 11.3 Å². The number of nitrogens with one attached hydrogen (secondary N) is 1. The van der Waals surface area contributed by atoms with Crippen LogP contribution >= 0.6 is 0 Å². The largest absolute Gasteiger partial charge is 0.305 e. The number of anilines is 1. The second-order valence-corrected chi connectivity index (χ2v) is 4.22. The summed E-state index contributed by atoms with van der Waals surface area (Å²) in [5.41, 5.74) is 1.19. The SMILES string of the molecule is Cc1ccc(NC(=O)c2cccc([N+](=O)[O-])c2C)nn1. The number of amides is 1. The van der Waals surface area contributed by atoms with Crippen molar-refractivity contribution in [2.75, 3.05) is 5.32 Å². The Hall–Kier alpha value is -2.83. The van der Waals surface area contributed by atoms with Crippen molar-refractivity contribution in [2.45, 2.75) is 13.8 Å². The molecular formula is C13H12N4O3. The van der Waals surface area contributed by atoms with Crippen LogP contribution in [-0.4, -0.2) is 21.0 Å². The van der Waals surface area contributed by atoms with Crippen LogP contribution in [0.4, 0.5) is 11.5 Å². The predicted molar refractivity (Wildman–Crippen MR) is 72.6 cm³/mol. The summed E-state index contributed by atoms with van der Waals surface area (Å²) in [6.45, 7) is 3.32. The molecule has 2 aromatic rings. The third-order valence-electron chi connectivity index (χ3n) is 2.79. The van der Waals surface area contributed by atoms with Gasteiger partial charge in [-0.1, -0.05) is 6.07 Å². The average molecular weight is 272 g/mol. The van der Waals surface area contributed by atoms with E-state index in [1.165, 1.54) is 25.1 Å². The van der Waals surface area contributed by atoms with E-state index < -0.39 is 10.8 Å². The smallest absolute Gasteiger partial charge is 0.273 e. The van der Waals surface area contributed by atoms with Gasteiger partial charge in [0.05, 0.1) is 10.6 Å². The van der Waals surface area contributed by atoms with Gasteiger partial charge in [0.2, 0.25) is 0 Å². The fourth-order valence-corrected chi connectivity index (χ4v) is 1.72. The van der Waals surface area contributed by atoms with Crippen molar-refractivity contribution >= 4 is 17.4 Å². The fraction of sp³-hybridized carbons (Fsp3) is 0.154.